The number of methoxy groups -OCH3 is 1. The first-order valence-electron chi connectivity index (χ1n) is 6.47. The number of hydrogen-bond donors (Lipinski definition) is 1. The molecule has 1 saturated heterocycles. The third kappa shape index (κ3) is 2.98. The predicted octanol–water partition coefficient (Wildman–Crippen LogP) is 3.32. The highest BCUT2D eigenvalue weighted by atomic mass is 79.9. The lowest BCUT2D eigenvalue weighted by Crippen LogP contribution is -2.28. The largest absolute Gasteiger partial charge is 0.495 e. The normalized spacial score (nSPS) is 19.6. The van der Waals surface area contributed by atoms with Crippen LogP contribution in [0.15, 0.2) is 16.6 Å². The Morgan fingerprint density at radius 1 is 1.39 bits per heavy atom. The van der Waals surface area contributed by atoms with Crippen molar-refractivity contribution < 1.29 is 9.47 Å². The van der Waals surface area contributed by atoms with Gasteiger partial charge in [0.1, 0.15) is 11.5 Å². The van der Waals surface area contributed by atoms with Crippen molar-refractivity contribution >= 4 is 15.9 Å². The summed E-state index contributed by atoms with van der Waals surface area (Å²) in [5.41, 5.74) is 1.27. The molecule has 1 aliphatic rings. The van der Waals surface area contributed by atoms with Crippen LogP contribution in [0.2, 0.25) is 0 Å². The molecule has 0 amide bonds. The highest BCUT2D eigenvalue weighted by molar-refractivity contribution is 9.10. The molecular formula is C14H20BrNO2. The Hall–Kier alpha value is -0.740. The van der Waals surface area contributed by atoms with Crippen molar-refractivity contribution in [2.24, 2.45) is 0 Å². The molecule has 0 aromatic heterocycles. The summed E-state index contributed by atoms with van der Waals surface area (Å²) in [5, 5.41) is 3.45. The molecule has 0 radical (unpaired) electrons. The minimum absolute atomic E-state index is 0.530. The summed E-state index contributed by atoms with van der Waals surface area (Å²) >= 11 is 3.56. The lowest BCUT2D eigenvalue weighted by atomic mass is 9.91. The van der Waals surface area contributed by atoms with Crippen molar-refractivity contribution in [2.75, 3.05) is 26.8 Å². The smallest absolute Gasteiger partial charge is 0.136 e. The van der Waals surface area contributed by atoms with E-state index in [1.54, 1.807) is 7.11 Å². The summed E-state index contributed by atoms with van der Waals surface area (Å²) < 4.78 is 12.1. The number of rotatable bonds is 4. The van der Waals surface area contributed by atoms with E-state index in [0.29, 0.717) is 12.5 Å². The maximum atomic E-state index is 5.76. The number of halogens is 1. The second-order valence-corrected chi connectivity index (χ2v) is 5.36. The van der Waals surface area contributed by atoms with Gasteiger partial charge in [-0.2, -0.15) is 0 Å². The van der Waals surface area contributed by atoms with E-state index in [2.05, 4.69) is 27.3 Å². The zero-order chi connectivity index (χ0) is 13.0. The molecule has 1 heterocycles. The van der Waals surface area contributed by atoms with Crippen LogP contribution in [0.5, 0.6) is 11.5 Å². The highest BCUT2D eigenvalue weighted by Gasteiger charge is 2.21. The molecule has 1 atom stereocenters. The molecule has 1 aliphatic heterocycles. The van der Waals surface area contributed by atoms with E-state index in [4.69, 9.17) is 9.47 Å². The molecule has 0 saturated carbocycles. The lowest BCUT2D eigenvalue weighted by molar-refractivity contribution is 0.325. The topological polar surface area (TPSA) is 30.5 Å². The predicted molar refractivity (Wildman–Crippen MR) is 76.7 cm³/mol. The summed E-state index contributed by atoms with van der Waals surface area (Å²) in [6.45, 7) is 4.84. The SMILES string of the molecule is CCOc1cc(OC)c(Br)cc1C1CCCNC1. The first-order valence-corrected chi connectivity index (χ1v) is 7.26. The van der Waals surface area contributed by atoms with Gasteiger partial charge in [-0.15, -0.1) is 0 Å². The van der Waals surface area contributed by atoms with E-state index in [0.717, 1.165) is 29.1 Å². The second kappa shape index (κ2) is 6.43. The van der Waals surface area contributed by atoms with Crippen LogP contribution in [0, 0.1) is 0 Å². The lowest BCUT2D eigenvalue weighted by Gasteiger charge is -2.25. The zero-order valence-electron chi connectivity index (χ0n) is 11.0. The standard InChI is InChI=1S/C14H20BrNO2/c1-3-18-13-8-14(17-2)12(15)7-11(13)10-5-4-6-16-9-10/h7-8,10,16H,3-6,9H2,1-2H3. The number of nitrogens with one attached hydrogen (secondary N) is 1. The van der Waals surface area contributed by atoms with Gasteiger partial charge in [-0.25, -0.2) is 0 Å². The van der Waals surface area contributed by atoms with E-state index in [9.17, 15) is 0 Å². The number of hydrogen-bond acceptors (Lipinski definition) is 3. The summed E-state index contributed by atoms with van der Waals surface area (Å²) in [4.78, 5) is 0. The van der Waals surface area contributed by atoms with Gasteiger partial charge in [0.2, 0.25) is 0 Å². The monoisotopic (exact) mass is 313 g/mol. The summed E-state index contributed by atoms with van der Waals surface area (Å²) in [5.74, 6) is 2.31. The van der Waals surface area contributed by atoms with Crippen LogP contribution in [0.1, 0.15) is 31.2 Å². The molecule has 100 valence electrons. The van der Waals surface area contributed by atoms with Crippen molar-refractivity contribution in [3.63, 3.8) is 0 Å². The van der Waals surface area contributed by atoms with E-state index in [-0.39, 0.29) is 0 Å². The van der Waals surface area contributed by atoms with Gasteiger partial charge in [-0.3, -0.25) is 0 Å². The Kier molecular flexibility index (Phi) is 4.89. The summed E-state index contributed by atoms with van der Waals surface area (Å²) in [7, 11) is 1.68. The van der Waals surface area contributed by atoms with Crippen molar-refractivity contribution in [3.8, 4) is 11.5 Å². The average molecular weight is 314 g/mol. The van der Waals surface area contributed by atoms with Gasteiger partial charge < -0.3 is 14.8 Å². The van der Waals surface area contributed by atoms with Crippen LogP contribution in [-0.4, -0.2) is 26.8 Å². The van der Waals surface area contributed by atoms with Gasteiger partial charge >= 0.3 is 0 Å². The molecule has 4 heteroatoms. The molecular weight excluding hydrogens is 294 g/mol. The maximum Gasteiger partial charge on any atom is 0.136 e. The second-order valence-electron chi connectivity index (χ2n) is 4.50. The Labute approximate surface area is 117 Å². The van der Waals surface area contributed by atoms with Crippen molar-refractivity contribution in [1.82, 2.24) is 5.32 Å². The van der Waals surface area contributed by atoms with Crippen molar-refractivity contribution in [3.05, 3.63) is 22.2 Å². The molecule has 1 N–H and O–H groups in total. The van der Waals surface area contributed by atoms with E-state index in [1.165, 1.54) is 18.4 Å². The van der Waals surface area contributed by atoms with Crippen LogP contribution in [0.3, 0.4) is 0 Å². The molecule has 2 rings (SSSR count). The molecule has 1 unspecified atom stereocenters. The van der Waals surface area contributed by atoms with Crippen LogP contribution < -0.4 is 14.8 Å². The number of ether oxygens (including phenoxy) is 2. The Morgan fingerprint density at radius 2 is 2.22 bits per heavy atom. The van der Waals surface area contributed by atoms with Crippen molar-refractivity contribution in [1.29, 1.82) is 0 Å². The van der Waals surface area contributed by atoms with Gasteiger partial charge in [0.25, 0.3) is 0 Å². The fraction of sp³-hybridized carbons (Fsp3) is 0.571. The molecule has 0 aliphatic carbocycles. The third-order valence-electron chi connectivity index (χ3n) is 3.32. The highest BCUT2D eigenvalue weighted by Crippen LogP contribution is 2.38. The molecule has 1 fully saturated rings. The van der Waals surface area contributed by atoms with Gasteiger partial charge in [0.15, 0.2) is 0 Å². The van der Waals surface area contributed by atoms with Crippen LogP contribution in [0.25, 0.3) is 0 Å². The molecule has 0 spiro atoms. The van der Waals surface area contributed by atoms with Crippen LogP contribution in [-0.2, 0) is 0 Å². The molecule has 18 heavy (non-hydrogen) atoms. The zero-order valence-corrected chi connectivity index (χ0v) is 12.5. The van der Waals surface area contributed by atoms with E-state index in [1.807, 2.05) is 13.0 Å². The van der Waals surface area contributed by atoms with Gasteiger partial charge in [0.05, 0.1) is 18.2 Å². The fourth-order valence-electron chi connectivity index (χ4n) is 2.42. The van der Waals surface area contributed by atoms with E-state index < -0.39 is 0 Å². The first-order chi connectivity index (χ1) is 8.76. The van der Waals surface area contributed by atoms with Gasteiger partial charge in [-0.05, 0) is 53.9 Å². The minimum atomic E-state index is 0.530. The van der Waals surface area contributed by atoms with Crippen LogP contribution in [0.4, 0.5) is 0 Å². The Balaban J connectivity index is 2.33. The van der Waals surface area contributed by atoms with Gasteiger partial charge in [-0.1, -0.05) is 0 Å². The maximum absolute atomic E-state index is 5.76. The Bertz CT molecular complexity index is 403. The number of piperidine rings is 1. The molecule has 3 nitrogen and oxygen atoms in total. The van der Waals surface area contributed by atoms with Crippen molar-refractivity contribution in [2.45, 2.75) is 25.7 Å². The molecule has 1 aromatic carbocycles. The summed E-state index contributed by atoms with van der Waals surface area (Å²) in [6, 6.07) is 4.12. The quantitative estimate of drug-likeness (QED) is 0.925. The fourth-order valence-corrected chi connectivity index (χ4v) is 2.95. The molecule has 1 aromatic rings. The third-order valence-corrected chi connectivity index (χ3v) is 3.94. The number of benzene rings is 1. The van der Waals surface area contributed by atoms with Gasteiger partial charge in [0, 0.05) is 18.5 Å². The summed E-state index contributed by atoms with van der Waals surface area (Å²) in [6.07, 6.45) is 2.44. The minimum Gasteiger partial charge on any atom is -0.495 e. The average Bonchev–Trinajstić information content (AvgIpc) is 2.41. The first kappa shape index (κ1) is 13.7. The molecule has 0 bridgehead atoms. The van der Waals surface area contributed by atoms with E-state index >= 15 is 0 Å². The Morgan fingerprint density at radius 3 is 2.83 bits per heavy atom. The van der Waals surface area contributed by atoms with Crippen LogP contribution >= 0.6 is 15.9 Å².